The Morgan fingerprint density at radius 2 is 1.45 bits per heavy atom. The summed E-state index contributed by atoms with van der Waals surface area (Å²) in [6, 6.07) is 16.6. The first-order valence-corrected chi connectivity index (χ1v) is 11.3. The number of amides is 2. The predicted octanol–water partition coefficient (Wildman–Crippen LogP) is 2.45. The second kappa shape index (κ2) is 8.00. The highest BCUT2D eigenvalue weighted by molar-refractivity contribution is 5.95. The highest BCUT2D eigenvalue weighted by Gasteiger charge is 2.50. The molecule has 2 aromatic rings. The maximum Gasteiger partial charge on any atom is 0.254 e. The van der Waals surface area contributed by atoms with E-state index in [0.717, 1.165) is 31.6 Å². The van der Waals surface area contributed by atoms with Gasteiger partial charge in [0.25, 0.3) is 11.8 Å². The van der Waals surface area contributed by atoms with Gasteiger partial charge in [-0.25, -0.2) is 0 Å². The van der Waals surface area contributed by atoms with Crippen LogP contribution in [0.2, 0.25) is 0 Å². The third kappa shape index (κ3) is 4.04. The molecule has 31 heavy (non-hydrogen) atoms. The summed E-state index contributed by atoms with van der Waals surface area (Å²) >= 11 is 0. The molecule has 5 rings (SSSR count). The smallest absolute Gasteiger partial charge is 0.254 e. The Labute approximate surface area is 183 Å². The Hall–Kier alpha value is -2.86. The molecule has 0 spiro atoms. The number of piperazine rings is 1. The molecule has 2 fully saturated rings. The van der Waals surface area contributed by atoms with Gasteiger partial charge in [0.05, 0.1) is 0 Å². The number of carbonyl (C=O) groups excluding carboxylic acids is 2. The lowest BCUT2D eigenvalue weighted by Crippen LogP contribution is -2.53. The molecule has 0 aromatic heterocycles. The van der Waals surface area contributed by atoms with E-state index in [2.05, 4.69) is 29.2 Å². The second-order valence-corrected chi connectivity index (χ2v) is 8.96. The van der Waals surface area contributed by atoms with Gasteiger partial charge in [-0.3, -0.25) is 9.59 Å². The lowest BCUT2D eigenvalue weighted by molar-refractivity contribution is -0.143. The molecule has 2 aliphatic heterocycles. The summed E-state index contributed by atoms with van der Waals surface area (Å²) in [4.78, 5) is 31.1. The van der Waals surface area contributed by atoms with Crippen molar-refractivity contribution in [3.05, 3.63) is 65.2 Å². The number of rotatable bonds is 3. The van der Waals surface area contributed by atoms with E-state index in [0.29, 0.717) is 44.6 Å². The number of fused-ring (bicyclic) bond motifs is 1. The van der Waals surface area contributed by atoms with Gasteiger partial charge in [0.2, 0.25) is 0 Å². The monoisotopic (exact) mass is 419 g/mol. The van der Waals surface area contributed by atoms with Gasteiger partial charge in [0.15, 0.2) is 0 Å². The van der Waals surface area contributed by atoms with E-state index >= 15 is 0 Å². The molecule has 0 atom stereocenters. The van der Waals surface area contributed by atoms with Crippen molar-refractivity contribution < 1.29 is 14.7 Å². The number of benzene rings is 2. The van der Waals surface area contributed by atoms with E-state index in [4.69, 9.17) is 0 Å². The van der Waals surface area contributed by atoms with E-state index in [1.54, 1.807) is 9.80 Å². The van der Waals surface area contributed by atoms with Crippen LogP contribution in [0.4, 0.5) is 5.69 Å². The molecule has 3 aliphatic rings. The fourth-order valence-corrected chi connectivity index (χ4v) is 4.66. The van der Waals surface area contributed by atoms with Crippen molar-refractivity contribution >= 4 is 17.5 Å². The summed E-state index contributed by atoms with van der Waals surface area (Å²) in [5.41, 5.74) is 3.50. The first-order valence-electron chi connectivity index (χ1n) is 11.3. The molecule has 0 bridgehead atoms. The Morgan fingerprint density at radius 3 is 2.13 bits per heavy atom. The van der Waals surface area contributed by atoms with Crippen LogP contribution in [0.5, 0.6) is 0 Å². The summed E-state index contributed by atoms with van der Waals surface area (Å²) in [6.07, 6.45) is 3.34. The van der Waals surface area contributed by atoms with Crippen molar-refractivity contribution in [1.82, 2.24) is 9.80 Å². The Bertz CT molecular complexity index is 976. The van der Waals surface area contributed by atoms with Crippen LogP contribution < -0.4 is 4.90 Å². The average molecular weight is 420 g/mol. The Morgan fingerprint density at radius 1 is 0.806 bits per heavy atom. The predicted molar refractivity (Wildman–Crippen MR) is 119 cm³/mol. The van der Waals surface area contributed by atoms with Crippen molar-refractivity contribution in [3.63, 3.8) is 0 Å². The van der Waals surface area contributed by atoms with Crippen molar-refractivity contribution in [3.8, 4) is 0 Å². The number of hydrogen-bond acceptors (Lipinski definition) is 4. The lowest BCUT2D eigenvalue weighted by Gasteiger charge is -2.35. The van der Waals surface area contributed by atoms with Crippen molar-refractivity contribution in [1.29, 1.82) is 0 Å². The third-order valence-corrected chi connectivity index (χ3v) is 6.81. The molecule has 1 saturated carbocycles. The largest absolute Gasteiger partial charge is 0.380 e. The molecule has 162 valence electrons. The molecule has 6 nitrogen and oxygen atoms in total. The van der Waals surface area contributed by atoms with Crippen molar-refractivity contribution in [2.45, 2.75) is 37.8 Å². The van der Waals surface area contributed by atoms with Crippen LogP contribution in [0.25, 0.3) is 0 Å². The number of anilines is 1. The lowest BCUT2D eigenvalue weighted by atomic mass is 10.0. The van der Waals surface area contributed by atoms with Crippen molar-refractivity contribution in [2.24, 2.45) is 0 Å². The summed E-state index contributed by atoms with van der Waals surface area (Å²) in [5.74, 6) is -0.173. The molecule has 2 aromatic carbocycles. The van der Waals surface area contributed by atoms with Gasteiger partial charge in [-0.15, -0.1) is 0 Å². The summed E-state index contributed by atoms with van der Waals surface area (Å²) < 4.78 is 0. The molecule has 2 heterocycles. The molecule has 6 heteroatoms. The number of aryl methyl sites for hydroxylation is 1. The van der Waals surface area contributed by atoms with Crippen LogP contribution in [0.3, 0.4) is 0 Å². The number of hydrogen-bond donors (Lipinski definition) is 1. The first kappa shape index (κ1) is 20.1. The van der Waals surface area contributed by atoms with E-state index in [9.17, 15) is 14.7 Å². The molecule has 1 saturated heterocycles. The topological polar surface area (TPSA) is 64.1 Å². The minimum Gasteiger partial charge on any atom is -0.380 e. The highest BCUT2D eigenvalue weighted by atomic mass is 16.3. The molecular weight excluding hydrogens is 390 g/mol. The molecular formula is C25H29N3O3. The van der Waals surface area contributed by atoms with Gasteiger partial charge < -0.3 is 19.8 Å². The van der Waals surface area contributed by atoms with Gasteiger partial charge in [-0.2, -0.15) is 0 Å². The fourth-order valence-electron chi connectivity index (χ4n) is 4.66. The number of nitrogens with zero attached hydrogens (tertiary/aromatic N) is 3. The normalized spacial score (nSPS) is 20.1. The van der Waals surface area contributed by atoms with E-state index in [1.807, 2.05) is 24.3 Å². The summed E-state index contributed by atoms with van der Waals surface area (Å²) in [7, 11) is 0. The Kier molecular flexibility index (Phi) is 5.18. The Balaban J connectivity index is 1.21. The van der Waals surface area contributed by atoms with Gasteiger partial charge in [0.1, 0.15) is 5.60 Å². The van der Waals surface area contributed by atoms with Gasteiger partial charge in [-0.05, 0) is 61.1 Å². The van der Waals surface area contributed by atoms with Gasteiger partial charge >= 0.3 is 0 Å². The SMILES string of the molecule is O=C(c1ccc(N2CCCc3ccccc3C2)cc1)N1CCN(C(=O)C2(O)CC2)CC1. The van der Waals surface area contributed by atoms with Crippen molar-refractivity contribution in [2.75, 3.05) is 37.6 Å². The molecule has 0 radical (unpaired) electrons. The van der Waals surface area contributed by atoms with Crippen LogP contribution in [-0.4, -0.2) is 65.0 Å². The van der Waals surface area contributed by atoms with Crippen LogP contribution in [-0.2, 0) is 17.8 Å². The van der Waals surface area contributed by atoms with E-state index in [-0.39, 0.29) is 11.8 Å². The van der Waals surface area contributed by atoms with Crippen LogP contribution >= 0.6 is 0 Å². The molecule has 1 N–H and O–H groups in total. The molecule has 0 unspecified atom stereocenters. The van der Waals surface area contributed by atoms with E-state index < -0.39 is 5.60 Å². The number of carbonyl (C=O) groups is 2. The third-order valence-electron chi connectivity index (χ3n) is 6.81. The zero-order chi connectivity index (χ0) is 21.4. The highest BCUT2D eigenvalue weighted by Crippen LogP contribution is 2.37. The fraction of sp³-hybridized carbons (Fsp3) is 0.440. The summed E-state index contributed by atoms with van der Waals surface area (Å²) in [5, 5.41) is 10.0. The van der Waals surface area contributed by atoms with Crippen LogP contribution in [0, 0.1) is 0 Å². The number of aliphatic hydroxyl groups is 1. The molecule has 1 aliphatic carbocycles. The summed E-state index contributed by atoms with van der Waals surface area (Å²) in [6.45, 7) is 3.88. The van der Waals surface area contributed by atoms with Crippen LogP contribution in [0.15, 0.2) is 48.5 Å². The van der Waals surface area contributed by atoms with Gasteiger partial charge in [0, 0.05) is 50.5 Å². The zero-order valence-electron chi connectivity index (χ0n) is 17.8. The van der Waals surface area contributed by atoms with Crippen LogP contribution in [0.1, 0.15) is 40.7 Å². The minimum absolute atomic E-state index is 0.00462. The molecule has 2 amide bonds. The first-order chi connectivity index (χ1) is 15.0. The maximum atomic E-state index is 13.0. The quantitative estimate of drug-likeness (QED) is 0.830. The average Bonchev–Trinajstić information content (AvgIpc) is 3.60. The maximum absolute atomic E-state index is 13.0. The zero-order valence-corrected chi connectivity index (χ0v) is 17.8. The van der Waals surface area contributed by atoms with Gasteiger partial charge in [-0.1, -0.05) is 24.3 Å². The minimum atomic E-state index is -1.13. The van der Waals surface area contributed by atoms with E-state index in [1.165, 1.54) is 11.1 Å². The standard InChI is InChI=1S/C25H29N3O3/c29-23(26-14-16-27(17-15-26)24(30)25(31)11-12-25)20-7-9-22(10-8-20)28-13-3-6-19-4-1-2-5-21(19)18-28/h1-2,4-5,7-10,31H,3,6,11-18H2. The second-order valence-electron chi connectivity index (χ2n) is 8.96.